The molecule has 3 fully saturated rings. The van der Waals surface area contributed by atoms with Crippen LogP contribution in [0.3, 0.4) is 0 Å². The van der Waals surface area contributed by atoms with Crippen molar-refractivity contribution in [3.8, 4) is 0 Å². The first-order valence-electron chi connectivity index (χ1n) is 10.3. The van der Waals surface area contributed by atoms with Crippen molar-refractivity contribution in [2.45, 2.75) is 75.9 Å². The fourth-order valence-corrected chi connectivity index (χ4v) is 4.60. The number of carbonyl (C=O) groups excluding carboxylic acids is 1. The van der Waals surface area contributed by atoms with E-state index in [1.54, 1.807) is 6.07 Å². The van der Waals surface area contributed by atoms with Crippen molar-refractivity contribution < 1.29 is 9.32 Å². The lowest BCUT2D eigenvalue weighted by Gasteiger charge is -2.47. The first-order valence-corrected chi connectivity index (χ1v) is 10.3. The van der Waals surface area contributed by atoms with Crippen LogP contribution in [0.5, 0.6) is 0 Å². The average Bonchev–Trinajstić information content (AvgIpc) is 3.27. The monoisotopic (exact) mass is 365 g/mol. The van der Waals surface area contributed by atoms with Crippen molar-refractivity contribution in [2.24, 2.45) is 0 Å². The van der Waals surface area contributed by atoms with Crippen molar-refractivity contribution >= 4 is 11.7 Å². The molecule has 5 rings (SSSR count). The molecule has 3 aliphatic carbocycles. The van der Waals surface area contributed by atoms with Crippen molar-refractivity contribution in [1.29, 1.82) is 0 Å². The molecule has 5 heteroatoms. The van der Waals surface area contributed by atoms with E-state index in [0.717, 1.165) is 12.1 Å². The van der Waals surface area contributed by atoms with Crippen LogP contribution in [0.15, 0.2) is 34.9 Å². The van der Waals surface area contributed by atoms with Crippen molar-refractivity contribution in [3.05, 3.63) is 47.2 Å². The summed E-state index contributed by atoms with van der Waals surface area (Å²) in [5.74, 6) is 1.60. The lowest BCUT2D eigenvalue weighted by atomic mass is 9.84. The van der Waals surface area contributed by atoms with Gasteiger partial charge in [-0.2, -0.15) is 0 Å². The number of benzene rings is 1. The molecule has 0 spiro atoms. The number of nitrogens with one attached hydrogen (secondary N) is 1. The first kappa shape index (κ1) is 17.0. The lowest BCUT2D eigenvalue weighted by Crippen LogP contribution is -2.51. The van der Waals surface area contributed by atoms with E-state index in [9.17, 15) is 4.79 Å². The molecule has 0 bridgehead atoms. The van der Waals surface area contributed by atoms with E-state index in [1.165, 1.54) is 50.5 Å². The Kier molecular flexibility index (Phi) is 4.27. The van der Waals surface area contributed by atoms with E-state index < -0.39 is 0 Å². The second-order valence-corrected chi connectivity index (χ2v) is 8.43. The predicted molar refractivity (Wildman–Crippen MR) is 104 cm³/mol. The minimum absolute atomic E-state index is 0.128. The average molecular weight is 365 g/mol. The summed E-state index contributed by atoms with van der Waals surface area (Å²) in [7, 11) is 0. The second-order valence-electron chi connectivity index (χ2n) is 8.43. The third-order valence-corrected chi connectivity index (χ3v) is 6.58. The molecular formula is C22H27N3O2. The number of anilines is 1. The number of hydrogen-bond donors (Lipinski definition) is 1. The molecule has 2 unspecified atom stereocenters. The Morgan fingerprint density at radius 1 is 1.15 bits per heavy atom. The minimum Gasteiger partial charge on any atom is -0.360 e. The maximum Gasteiger partial charge on any atom is 0.256 e. The van der Waals surface area contributed by atoms with Gasteiger partial charge in [0.05, 0.1) is 0 Å². The molecule has 0 saturated heterocycles. The van der Waals surface area contributed by atoms with Crippen molar-refractivity contribution in [2.75, 3.05) is 5.32 Å². The van der Waals surface area contributed by atoms with Gasteiger partial charge in [0, 0.05) is 35.7 Å². The Morgan fingerprint density at radius 3 is 2.48 bits per heavy atom. The summed E-state index contributed by atoms with van der Waals surface area (Å²) >= 11 is 0. The summed E-state index contributed by atoms with van der Waals surface area (Å²) in [5.41, 5.74) is 1.99. The van der Waals surface area contributed by atoms with E-state index in [4.69, 9.17) is 4.52 Å². The van der Waals surface area contributed by atoms with Gasteiger partial charge in [0.2, 0.25) is 0 Å². The zero-order valence-electron chi connectivity index (χ0n) is 15.9. The third kappa shape index (κ3) is 3.29. The molecule has 5 nitrogen and oxygen atoms in total. The molecule has 3 aliphatic rings. The molecule has 1 heterocycles. The fourth-order valence-electron chi connectivity index (χ4n) is 4.60. The number of hydrogen-bond acceptors (Lipinski definition) is 4. The molecule has 1 aromatic heterocycles. The highest BCUT2D eigenvalue weighted by atomic mass is 16.5. The van der Waals surface area contributed by atoms with E-state index in [-0.39, 0.29) is 5.91 Å². The Bertz CT molecular complexity index is 824. The summed E-state index contributed by atoms with van der Waals surface area (Å²) in [4.78, 5) is 15.4. The predicted octanol–water partition coefficient (Wildman–Crippen LogP) is 4.50. The van der Waals surface area contributed by atoms with E-state index in [0.29, 0.717) is 29.1 Å². The van der Waals surface area contributed by atoms with Crippen LogP contribution in [0.1, 0.15) is 72.5 Å². The van der Waals surface area contributed by atoms with Gasteiger partial charge in [0.1, 0.15) is 5.76 Å². The van der Waals surface area contributed by atoms with Crippen molar-refractivity contribution in [3.63, 3.8) is 0 Å². The van der Waals surface area contributed by atoms with E-state index >= 15 is 0 Å². The van der Waals surface area contributed by atoms with Crippen LogP contribution >= 0.6 is 0 Å². The van der Waals surface area contributed by atoms with E-state index in [1.807, 2.05) is 19.1 Å². The normalized spacial score (nSPS) is 25.1. The van der Waals surface area contributed by atoms with Crippen LogP contribution in [0.2, 0.25) is 0 Å². The standard InChI is InChI=1S/C22H27N3O2/c1-14-11-21(24-27-14)23-22(26)16-6-2-5-15(12-16)19-13-20(19)25(17-7-3-8-17)18-9-4-10-18/h2,5-6,11-12,17-20H,3-4,7-10,13H2,1H3,(H,23,24,26). The number of amides is 1. The van der Waals surface area contributed by atoms with E-state index in [2.05, 4.69) is 27.5 Å². The quantitative estimate of drug-likeness (QED) is 0.819. The molecule has 27 heavy (non-hydrogen) atoms. The number of aryl methyl sites for hydroxylation is 1. The van der Waals surface area contributed by atoms with Crippen molar-refractivity contribution in [1.82, 2.24) is 10.1 Å². The van der Waals surface area contributed by atoms with Gasteiger partial charge in [-0.25, -0.2) is 0 Å². The Morgan fingerprint density at radius 2 is 1.89 bits per heavy atom. The molecule has 2 atom stereocenters. The van der Waals surface area contributed by atoms with Crippen LogP contribution in [-0.2, 0) is 0 Å². The molecule has 1 N–H and O–H groups in total. The molecule has 1 amide bonds. The van der Waals surface area contributed by atoms with Crippen LogP contribution in [0.25, 0.3) is 0 Å². The fraction of sp³-hybridized carbons (Fsp3) is 0.545. The topological polar surface area (TPSA) is 58.4 Å². The maximum atomic E-state index is 12.6. The second kappa shape index (κ2) is 6.79. The highest BCUT2D eigenvalue weighted by Crippen LogP contribution is 2.50. The molecule has 142 valence electrons. The van der Waals surface area contributed by atoms with Gasteiger partial charge in [-0.1, -0.05) is 30.1 Å². The molecule has 3 saturated carbocycles. The third-order valence-electron chi connectivity index (χ3n) is 6.58. The SMILES string of the molecule is Cc1cc(NC(=O)c2cccc(C3CC3N(C3CCC3)C3CCC3)c2)no1. The van der Waals surface area contributed by atoms with Crippen LogP contribution in [0.4, 0.5) is 5.82 Å². The number of aromatic nitrogens is 1. The van der Waals surface area contributed by atoms with Crippen LogP contribution in [-0.4, -0.2) is 34.1 Å². The lowest BCUT2D eigenvalue weighted by molar-refractivity contribution is 0.0311. The number of nitrogens with zero attached hydrogens (tertiary/aromatic N) is 2. The highest BCUT2D eigenvalue weighted by molar-refractivity contribution is 6.03. The summed E-state index contributed by atoms with van der Waals surface area (Å²) in [5, 5.41) is 6.66. The zero-order valence-corrected chi connectivity index (χ0v) is 15.9. The van der Waals surface area contributed by atoms with Gasteiger partial charge in [0.25, 0.3) is 5.91 Å². The molecule has 2 aromatic rings. The van der Waals surface area contributed by atoms with Gasteiger partial charge in [-0.05, 0) is 56.7 Å². The molecular weight excluding hydrogens is 338 g/mol. The highest BCUT2D eigenvalue weighted by Gasteiger charge is 2.49. The smallest absolute Gasteiger partial charge is 0.256 e. The molecule has 1 aromatic carbocycles. The summed E-state index contributed by atoms with van der Waals surface area (Å²) in [6.07, 6.45) is 9.52. The van der Waals surface area contributed by atoms with Gasteiger partial charge >= 0.3 is 0 Å². The van der Waals surface area contributed by atoms with Gasteiger partial charge in [-0.3, -0.25) is 9.69 Å². The Labute approximate surface area is 160 Å². The van der Waals surface area contributed by atoms with Gasteiger partial charge in [-0.15, -0.1) is 0 Å². The summed E-state index contributed by atoms with van der Waals surface area (Å²) in [6.45, 7) is 1.81. The largest absolute Gasteiger partial charge is 0.360 e. The maximum absolute atomic E-state index is 12.6. The molecule has 0 aliphatic heterocycles. The minimum atomic E-state index is -0.128. The van der Waals surface area contributed by atoms with Gasteiger partial charge < -0.3 is 9.84 Å². The summed E-state index contributed by atoms with van der Waals surface area (Å²) in [6, 6.07) is 12.2. The number of carbonyl (C=O) groups is 1. The van der Waals surface area contributed by atoms with Crippen LogP contribution in [0, 0.1) is 6.92 Å². The van der Waals surface area contributed by atoms with Crippen LogP contribution < -0.4 is 5.32 Å². The zero-order chi connectivity index (χ0) is 18.4. The Balaban J connectivity index is 1.28. The number of rotatable bonds is 6. The Hall–Kier alpha value is -2.14. The molecule has 0 radical (unpaired) electrons. The first-order chi connectivity index (χ1) is 13.2. The van der Waals surface area contributed by atoms with Gasteiger partial charge in [0.15, 0.2) is 5.82 Å². The summed E-state index contributed by atoms with van der Waals surface area (Å²) < 4.78 is 5.02.